The molecule has 1 N–H and O–H groups in total. The quantitative estimate of drug-likeness (QED) is 0.881. The molecule has 1 unspecified atom stereocenters. The van der Waals surface area contributed by atoms with Crippen LogP contribution in [0.1, 0.15) is 0 Å². The van der Waals surface area contributed by atoms with Crippen molar-refractivity contribution in [1.29, 1.82) is 0 Å². The number of thiophene rings is 1. The molecule has 0 aromatic carbocycles. The van der Waals surface area contributed by atoms with Gasteiger partial charge in [-0.3, -0.25) is 4.21 Å². The molecule has 80 valence electrons. The van der Waals surface area contributed by atoms with Gasteiger partial charge in [0.15, 0.2) is 0 Å². The Kier molecular flexibility index (Phi) is 3.27. The lowest BCUT2D eigenvalue weighted by molar-refractivity contribution is 0.687. The number of fused-ring (bicyclic) bond motifs is 1. The first-order valence-electron chi connectivity index (χ1n) is 4.49. The summed E-state index contributed by atoms with van der Waals surface area (Å²) in [5.74, 6) is 1.47. The number of aromatic nitrogens is 2. The van der Waals surface area contributed by atoms with Gasteiger partial charge in [-0.05, 0) is 11.4 Å². The maximum absolute atomic E-state index is 10.9. The topological polar surface area (TPSA) is 54.9 Å². The van der Waals surface area contributed by atoms with E-state index in [1.54, 1.807) is 23.9 Å². The molecule has 2 aromatic heterocycles. The summed E-state index contributed by atoms with van der Waals surface area (Å²) in [5.41, 5.74) is 0.954. The molecule has 0 fully saturated rings. The highest BCUT2D eigenvalue weighted by Gasteiger charge is 2.03. The van der Waals surface area contributed by atoms with Gasteiger partial charge in [0.25, 0.3) is 0 Å². The fourth-order valence-corrected chi connectivity index (χ4v) is 2.43. The molecular weight excluding hydrogens is 230 g/mol. The normalized spacial score (nSPS) is 12.9. The minimum absolute atomic E-state index is 0.636. The number of nitrogens with zero attached hydrogens (tertiary/aromatic N) is 2. The Bertz CT molecular complexity index is 483. The molecule has 0 aliphatic heterocycles. The second kappa shape index (κ2) is 4.67. The molecule has 4 nitrogen and oxygen atoms in total. The zero-order chi connectivity index (χ0) is 10.7. The van der Waals surface area contributed by atoms with E-state index in [4.69, 9.17) is 0 Å². The lowest BCUT2D eigenvalue weighted by Gasteiger charge is -2.04. The number of hydrogen-bond acceptors (Lipinski definition) is 5. The van der Waals surface area contributed by atoms with E-state index in [-0.39, 0.29) is 0 Å². The summed E-state index contributed by atoms with van der Waals surface area (Å²) in [7, 11) is -0.766. The van der Waals surface area contributed by atoms with E-state index in [0.717, 1.165) is 16.0 Å². The average molecular weight is 241 g/mol. The van der Waals surface area contributed by atoms with Crippen LogP contribution in [0, 0.1) is 0 Å². The second-order valence-electron chi connectivity index (χ2n) is 3.06. The number of nitrogens with one attached hydrogen (secondary N) is 1. The fourth-order valence-electron chi connectivity index (χ4n) is 1.23. The van der Waals surface area contributed by atoms with Crippen LogP contribution in [0.3, 0.4) is 0 Å². The largest absolute Gasteiger partial charge is 0.368 e. The summed E-state index contributed by atoms with van der Waals surface area (Å²) in [5, 5.41) is 5.16. The molecule has 0 saturated heterocycles. The van der Waals surface area contributed by atoms with E-state index in [1.165, 1.54) is 0 Å². The highest BCUT2D eigenvalue weighted by molar-refractivity contribution is 7.84. The molecule has 2 aromatic rings. The first-order chi connectivity index (χ1) is 7.27. The molecule has 15 heavy (non-hydrogen) atoms. The van der Waals surface area contributed by atoms with Crippen molar-refractivity contribution in [1.82, 2.24) is 9.97 Å². The summed E-state index contributed by atoms with van der Waals surface area (Å²) >= 11 is 1.61. The van der Waals surface area contributed by atoms with Gasteiger partial charge < -0.3 is 5.32 Å². The zero-order valence-electron chi connectivity index (χ0n) is 8.27. The van der Waals surface area contributed by atoms with Crippen molar-refractivity contribution in [3.8, 4) is 0 Å². The van der Waals surface area contributed by atoms with Gasteiger partial charge in [-0.25, -0.2) is 9.97 Å². The van der Waals surface area contributed by atoms with Gasteiger partial charge in [-0.1, -0.05) is 0 Å². The molecule has 0 bridgehead atoms. The summed E-state index contributed by atoms with van der Waals surface area (Å²) in [4.78, 5) is 8.31. The predicted octanol–water partition coefficient (Wildman–Crippen LogP) is 1.48. The molecule has 0 aliphatic rings. The molecule has 0 radical (unpaired) electrons. The molecular formula is C9H11N3OS2. The van der Waals surface area contributed by atoms with E-state index < -0.39 is 10.8 Å². The van der Waals surface area contributed by atoms with Gasteiger partial charge in [0.1, 0.15) is 12.1 Å². The first-order valence-corrected chi connectivity index (χ1v) is 7.10. The highest BCUT2D eigenvalue weighted by Crippen LogP contribution is 2.24. The van der Waals surface area contributed by atoms with Crippen molar-refractivity contribution in [2.24, 2.45) is 0 Å². The molecule has 0 spiro atoms. The van der Waals surface area contributed by atoms with Crippen LogP contribution in [0.5, 0.6) is 0 Å². The Morgan fingerprint density at radius 3 is 3.20 bits per heavy atom. The van der Waals surface area contributed by atoms with Crippen LogP contribution in [0.4, 0.5) is 5.82 Å². The van der Waals surface area contributed by atoms with Gasteiger partial charge in [0.2, 0.25) is 0 Å². The van der Waals surface area contributed by atoms with Crippen LogP contribution in [-0.4, -0.2) is 32.7 Å². The van der Waals surface area contributed by atoms with Crippen molar-refractivity contribution in [3.63, 3.8) is 0 Å². The smallest absolute Gasteiger partial charge is 0.147 e. The summed E-state index contributed by atoms with van der Waals surface area (Å²) in [6.07, 6.45) is 3.24. The molecule has 0 aliphatic carbocycles. The molecule has 6 heteroatoms. The minimum atomic E-state index is -0.766. The zero-order valence-corrected chi connectivity index (χ0v) is 9.90. The molecule has 0 saturated carbocycles. The van der Waals surface area contributed by atoms with Crippen LogP contribution in [0.15, 0.2) is 17.8 Å². The maximum atomic E-state index is 10.9. The third-order valence-electron chi connectivity index (χ3n) is 1.93. The van der Waals surface area contributed by atoms with Gasteiger partial charge in [-0.15, -0.1) is 11.3 Å². The van der Waals surface area contributed by atoms with Gasteiger partial charge in [0, 0.05) is 29.4 Å². The van der Waals surface area contributed by atoms with Crippen molar-refractivity contribution >= 4 is 38.2 Å². The first kappa shape index (κ1) is 10.5. The van der Waals surface area contributed by atoms with Crippen LogP contribution in [0.2, 0.25) is 0 Å². The third kappa shape index (κ3) is 2.51. The van der Waals surface area contributed by atoms with Gasteiger partial charge in [0.05, 0.1) is 10.2 Å². The van der Waals surface area contributed by atoms with Crippen LogP contribution >= 0.6 is 11.3 Å². The fraction of sp³-hybridized carbons (Fsp3) is 0.333. The van der Waals surface area contributed by atoms with Gasteiger partial charge in [-0.2, -0.15) is 0 Å². The van der Waals surface area contributed by atoms with Crippen LogP contribution in [-0.2, 0) is 10.8 Å². The Morgan fingerprint density at radius 1 is 1.53 bits per heavy atom. The Labute approximate surface area is 94.2 Å². The molecule has 0 amide bonds. The number of anilines is 1. The van der Waals surface area contributed by atoms with Crippen molar-refractivity contribution in [2.45, 2.75) is 0 Å². The lowest BCUT2D eigenvalue weighted by Crippen LogP contribution is -2.10. The second-order valence-corrected chi connectivity index (χ2v) is 5.53. The van der Waals surface area contributed by atoms with Crippen LogP contribution in [0.25, 0.3) is 10.2 Å². The Morgan fingerprint density at radius 2 is 2.40 bits per heavy atom. The standard InChI is InChI=1S/C9H11N3OS2/c1-15(13)5-3-10-9-8-7(2-4-14-8)11-6-12-9/h2,4,6H,3,5H2,1H3,(H,10,11,12). The minimum Gasteiger partial charge on any atom is -0.368 e. The third-order valence-corrected chi connectivity index (χ3v) is 3.61. The predicted molar refractivity (Wildman–Crippen MR) is 64.8 cm³/mol. The summed E-state index contributed by atoms with van der Waals surface area (Å²) in [6.45, 7) is 0.674. The lowest BCUT2D eigenvalue weighted by atomic mass is 10.4. The summed E-state index contributed by atoms with van der Waals surface area (Å²) in [6, 6.07) is 1.96. The van der Waals surface area contributed by atoms with Crippen molar-refractivity contribution < 1.29 is 4.21 Å². The Balaban J connectivity index is 2.13. The SMILES string of the molecule is CS(=O)CCNc1ncnc2ccsc12. The molecule has 2 rings (SSSR count). The van der Waals surface area contributed by atoms with E-state index in [9.17, 15) is 4.21 Å². The number of rotatable bonds is 4. The van der Waals surface area contributed by atoms with Crippen molar-refractivity contribution in [2.75, 3.05) is 23.9 Å². The monoisotopic (exact) mass is 241 g/mol. The molecule has 1 atom stereocenters. The van der Waals surface area contributed by atoms with Crippen molar-refractivity contribution in [3.05, 3.63) is 17.8 Å². The maximum Gasteiger partial charge on any atom is 0.147 e. The van der Waals surface area contributed by atoms with E-state index in [2.05, 4.69) is 15.3 Å². The van der Waals surface area contributed by atoms with E-state index in [0.29, 0.717) is 12.3 Å². The number of hydrogen-bond donors (Lipinski definition) is 1. The highest BCUT2D eigenvalue weighted by atomic mass is 32.2. The van der Waals surface area contributed by atoms with E-state index in [1.807, 2.05) is 11.4 Å². The van der Waals surface area contributed by atoms with E-state index >= 15 is 0 Å². The molecule has 2 heterocycles. The average Bonchev–Trinajstić information content (AvgIpc) is 2.65. The van der Waals surface area contributed by atoms with Crippen LogP contribution < -0.4 is 5.32 Å². The Hall–Kier alpha value is -1.01. The van der Waals surface area contributed by atoms with Gasteiger partial charge >= 0.3 is 0 Å². The summed E-state index contributed by atoms with van der Waals surface area (Å²) < 4.78 is 11.9.